The summed E-state index contributed by atoms with van der Waals surface area (Å²) < 4.78 is 28.7. The summed E-state index contributed by atoms with van der Waals surface area (Å²) in [7, 11) is -3.88. The van der Waals surface area contributed by atoms with Crippen LogP contribution < -0.4 is 9.62 Å². The summed E-state index contributed by atoms with van der Waals surface area (Å²) in [6.45, 7) is 0.160. The largest absolute Gasteiger partial charge is 0.396 e. The summed E-state index contributed by atoms with van der Waals surface area (Å²) in [6, 6.07) is 30.6. The van der Waals surface area contributed by atoms with Gasteiger partial charge in [-0.15, -0.1) is 0 Å². The summed E-state index contributed by atoms with van der Waals surface area (Å²) >= 11 is 1.47. The molecule has 0 bridgehead atoms. The summed E-state index contributed by atoms with van der Waals surface area (Å²) in [5, 5.41) is 12.3. The van der Waals surface area contributed by atoms with E-state index in [2.05, 4.69) is 5.32 Å². The average Bonchev–Trinajstić information content (AvgIpc) is 3.14. The first-order valence-corrected chi connectivity index (χ1v) is 14.4. The van der Waals surface area contributed by atoms with Gasteiger partial charge in [0, 0.05) is 29.2 Å². The van der Waals surface area contributed by atoms with Gasteiger partial charge in [0.1, 0.15) is 0 Å². The van der Waals surface area contributed by atoms with Crippen LogP contribution in [0.3, 0.4) is 0 Å². The van der Waals surface area contributed by atoms with Crippen LogP contribution in [-0.4, -0.2) is 32.6 Å². The van der Waals surface area contributed by atoms with Gasteiger partial charge in [0.05, 0.1) is 17.1 Å². The molecule has 0 unspecified atom stereocenters. The lowest BCUT2D eigenvalue weighted by Crippen LogP contribution is -2.31. The van der Waals surface area contributed by atoms with Crippen LogP contribution in [0.1, 0.15) is 16.8 Å². The fraction of sp³-hybridized carbons (Fsp3) is 0.100. The Morgan fingerprint density at radius 2 is 1.55 bits per heavy atom. The van der Waals surface area contributed by atoms with Gasteiger partial charge in [-0.05, 0) is 58.5 Å². The number of benzene rings is 4. The van der Waals surface area contributed by atoms with Crippen molar-refractivity contribution in [3.05, 3.63) is 120 Å². The first-order chi connectivity index (χ1) is 18.5. The standard InChI is InChI=1S/C30H26N2O4S2/c33-21-19-24-18-20-32(28-12-6-7-13-29(28)37-24)38(35,36)25-16-14-23(15-17-25)31-30(34)27-11-5-4-10-26(27)22-8-2-1-3-9-22/h1-18,33H,19-21H2,(H,31,34). The van der Waals surface area contributed by atoms with Crippen molar-refractivity contribution < 1.29 is 18.3 Å². The fourth-order valence-electron chi connectivity index (χ4n) is 4.29. The number of aliphatic hydroxyl groups excluding tert-OH is 1. The zero-order chi connectivity index (χ0) is 26.5. The van der Waals surface area contributed by atoms with Gasteiger partial charge in [0.15, 0.2) is 0 Å². The Hall–Kier alpha value is -3.85. The molecule has 0 aromatic heterocycles. The predicted molar refractivity (Wildman–Crippen MR) is 153 cm³/mol. The Labute approximate surface area is 226 Å². The third-order valence-electron chi connectivity index (χ3n) is 6.17. The minimum Gasteiger partial charge on any atom is -0.396 e. The minimum absolute atomic E-state index is 0.00322. The molecular formula is C30H26N2O4S2. The highest BCUT2D eigenvalue weighted by molar-refractivity contribution is 8.03. The molecule has 0 atom stereocenters. The molecule has 192 valence electrons. The van der Waals surface area contributed by atoms with Crippen LogP contribution >= 0.6 is 11.8 Å². The molecule has 0 spiro atoms. The van der Waals surface area contributed by atoms with Crippen molar-refractivity contribution in [2.24, 2.45) is 0 Å². The predicted octanol–water partition coefficient (Wildman–Crippen LogP) is 6.17. The second-order valence-corrected chi connectivity index (χ2v) is 11.7. The molecule has 8 heteroatoms. The smallest absolute Gasteiger partial charge is 0.264 e. The summed E-state index contributed by atoms with van der Waals surface area (Å²) in [6.07, 6.45) is 2.31. The number of rotatable bonds is 7. The molecule has 1 aliphatic rings. The van der Waals surface area contributed by atoms with E-state index in [0.29, 0.717) is 23.4 Å². The highest BCUT2D eigenvalue weighted by Gasteiger charge is 2.28. The van der Waals surface area contributed by atoms with Crippen LogP contribution in [0.25, 0.3) is 11.1 Å². The second kappa shape index (κ2) is 11.3. The number of fused-ring (bicyclic) bond motifs is 1. The van der Waals surface area contributed by atoms with E-state index >= 15 is 0 Å². The number of carbonyl (C=O) groups excluding carboxylic acids is 1. The van der Waals surface area contributed by atoms with E-state index < -0.39 is 10.0 Å². The van der Waals surface area contributed by atoms with Crippen molar-refractivity contribution in [2.75, 3.05) is 22.8 Å². The monoisotopic (exact) mass is 542 g/mol. The van der Waals surface area contributed by atoms with E-state index in [0.717, 1.165) is 20.9 Å². The number of hydrogen-bond acceptors (Lipinski definition) is 5. The molecule has 5 rings (SSSR count). The molecule has 1 aliphatic heterocycles. The molecule has 2 N–H and O–H groups in total. The van der Waals surface area contributed by atoms with Crippen LogP contribution in [0.4, 0.5) is 11.4 Å². The number of nitrogens with zero attached hydrogens (tertiary/aromatic N) is 1. The Morgan fingerprint density at radius 3 is 2.32 bits per heavy atom. The van der Waals surface area contributed by atoms with Gasteiger partial charge in [-0.2, -0.15) is 0 Å². The zero-order valence-corrected chi connectivity index (χ0v) is 22.1. The molecule has 0 fully saturated rings. The van der Waals surface area contributed by atoms with Gasteiger partial charge < -0.3 is 10.4 Å². The molecule has 6 nitrogen and oxygen atoms in total. The van der Waals surface area contributed by atoms with Gasteiger partial charge in [0.25, 0.3) is 15.9 Å². The van der Waals surface area contributed by atoms with E-state index in [1.54, 1.807) is 24.3 Å². The molecule has 0 saturated heterocycles. The molecule has 4 aromatic carbocycles. The van der Waals surface area contributed by atoms with Gasteiger partial charge in [0.2, 0.25) is 0 Å². The zero-order valence-electron chi connectivity index (χ0n) is 20.4. The first kappa shape index (κ1) is 25.8. The van der Waals surface area contributed by atoms with E-state index in [1.165, 1.54) is 28.2 Å². The quantitative estimate of drug-likeness (QED) is 0.292. The van der Waals surface area contributed by atoms with Crippen LogP contribution in [0.5, 0.6) is 0 Å². The number of aliphatic hydroxyl groups is 1. The molecule has 1 amide bonds. The van der Waals surface area contributed by atoms with Crippen molar-refractivity contribution >= 4 is 39.1 Å². The number of thioether (sulfide) groups is 1. The van der Waals surface area contributed by atoms with Crippen molar-refractivity contribution in [2.45, 2.75) is 16.2 Å². The van der Waals surface area contributed by atoms with Crippen molar-refractivity contribution in [1.82, 2.24) is 0 Å². The third kappa shape index (κ3) is 5.38. The molecule has 0 saturated carbocycles. The van der Waals surface area contributed by atoms with Crippen LogP contribution in [0.15, 0.2) is 124 Å². The SMILES string of the molecule is O=C(Nc1ccc(S(=O)(=O)N2CC=C(CCO)Sc3ccccc32)cc1)c1ccccc1-c1ccccc1. The lowest BCUT2D eigenvalue weighted by atomic mass is 9.99. The van der Waals surface area contributed by atoms with Gasteiger partial charge in [-0.3, -0.25) is 9.10 Å². The van der Waals surface area contributed by atoms with Gasteiger partial charge in [-0.25, -0.2) is 8.42 Å². The maximum Gasteiger partial charge on any atom is 0.264 e. The highest BCUT2D eigenvalue weighted by Crippen LogP contribution is 2.40. The van der Waals surface area contributed by atoms with Gasteiger partial charge in [-0.1, -0.05) is 78.5 Å². The van der Waals surface area contributed by atoms with E-state index in [4.69, 9.17) is 0 Å². The molecule has 1 heterocycles. The molecule has 38 heavy (non-hydrogen) atoms. The number of amides is 1. The van der Waals surface area contributed by atoms with Gasteiger partial charge >= 0.3 is 0 Å². The summed E-state index contributed by atoms with van der Waals surface area (Å²) in [5.74, 6) is -0.278. The lowest BCUT2D eigenvalue weighted by molar-refractivity contribution is 0.102. The minimum atomic E-state index is -3.88. The molecule has 0 radical (unpaired) electrons. The maximum atomic E-state index is 13.7. The summed E-state index contributed by atoms with van der Waals surface area (Å²) in [5.41, 5.74) is 3.37. The summed E-state index contributed by atoms with van der Waals surface area (Å²) in [4.78, 5) is 15.0. The Kier molecular flexibility index (Phi) is 7.64. The maximum absolute atomic E-state index is 13.7. The number of hydrogen-bond donors (Lipinski definition) is 2. The van der Waals surface area contributed by atoms with E-state index in [1.807, 2.05) is 72.8 Å². The van der Waals surface area contributed by atoms with Crippen LogP contribution in [0.2, 0.25) is 0 Å². The normalized spacial score (nSPS) is 13.3. The molecular weight excluding hydrogens is 516 g/mol. The fourth-order valence-corrected chi connectivity index (χ4v) is 6.84. The topological polar surface area (TPSA) is 86.7 Å². The Balaban J connectivity index is 1.39. The van der Waals surface area contributed by atoms with Crippen LogP contribution in [0, 0.1) is 0 Å². The first-order valence-electron chi connectivity index (χ1n) is 12.1. The van der Waals surface area contributed by atoms with Crippen molar-refractivity contribution in [3.8, 4) is 11.1 Å². The van der Waals surface area contributed by atoms with Crippen LogP contribution in [-0.2, 0) is 10.0 Å². The number of nitrogens with one attached hydrogen (secondary N) is 1. The van der Waals surface area contributed by atoms with Crippen molar-refractivity contribution in [3.63, 3.8) is 0 Å². The van der Waals surface area contributed by atoms with E-state index in [9.17, 15) is 18.3 Å². The molecule has 0 aliphatic carbocycles. The second-order valence-electron chi connectivity index (χ2n) is 8.64. The third-order valence-corrected chi connectivity index (χ3v) is 9.17. The highest BCUT2D eigenvalue weighted by atomic mass is 32.2. The Bertz CT molecular complexity index is 1580. The Morgan fingerprint density at radius 1 is 0.868 bits per heavy atom. The lowest BCUT2D eigenvalue weighted by Gasteiger charge is -2.24. The average molecular weight is 543 g/mol. The molecule has 4 aromatic rings. The number of carbonyl (C=O) groups is 1. The number of para-hydroxylation sites is 1. The van der Waals surface area contributed by atoms with Crippen molar-refractivity contribution in [1.29, 1.82) is 0 Å². The number of anilines is 2. The number of sulfonamides is 1. The van der Waals surface area contributed by atoms with E-state index in [-0.39, 0.29) is 24.0 Å².